The Morgan fingerprint density at radius 2 is 2.05 bits per heavy atom. The fourth-order valence-electron chi connectivity index (χ4n) is 2.61. The molecule has 1 fully saturated rings. The zero-order valence-corrected chi connectivity index (χ0v) is 13.3. The second kappa shape index (κ2) is 6.51. The molecule has 3 nitrogen and oxygen atoms in total. The smallest absolute Gasteiger partial charge is 0.161 e. The average molecular weight is 325 g/mol. The van der Waals surface area contributed by atoms with Crippen LogP contribution >= 0.6 is 15.9 Å². The molecule has 0 aromatic carbocycles. The molecule has 0 atom stereocenters. The molecule has 0 spiro atoms. The Hall–Kier alpha value is -0.900. The minimum absolute atomic E-state index is 0.197. The lowest BCUT2D eigenvalue weighted by molar-refractivity contribution is -0.114. The summed E-state index contributed by atoms with van der Waals surface area (Å²) in [6.45, 7) is 2.07. The van der Waals surface area contributed by atoms with Crippen LogP contribution in [-0.4, -0.2) is 15.6 Å². The third-order valence-electron chi connectivity index (χ3n) is 3.71. The second-order valence-electron chi connectivity index (χ2n) is 5.19. The maximum Gasteiger partial charge on any atom is 0.161 e. The Bertz CT molecular complexity index is 494. The lowest BCUT2D eigenvalue weighted by Gasteiger charge is -2.12. The summed E-state index contributed by atoms with van der Waals surface area (Å²) in [4.78, 5) is 12.1. The second-order valence-corrected chi connectivity index (χ2v) is 5.98. The average Bonchev–Trinajstić information content (AvgIpc) is 2.67. The molecule has 0 aliphatic heterocycles. The number of carbonyl (C=O) groups excluding carboxylic acids is 1. The van der Waals surface area contributed by atoms with Crippen molar-refractivity contribution in [3.05, 3.63) is 27.5 Å². The molecule has 104 valence electrons. The van der Waals surface area contributed by atoms with Crippen molar-refractivity contribution in [3.8, 4) is 0 Å². The Morgan fingerprint density at radius 3 is 2.63 bits per heavy atom. The van der Waals surface area contributed by atoms with Crippen LogP contribution in [0.4, 0.5) is 0 Å². The molecule has 0 unspecified atom stereocenters. The van der Waals surface area contributed by atoms with Crippen LogP contribution < -0.4 is 0 Å². The third kappa shape index (κ3) is 3.56. The van der Waals surface area contributed by atoms with Crippen molar-refractivity contribution in [2.75, 3.05) is 0 Å². The van der Waals surface area contributed by atoms with E-state index in [-0.39, 0.29) is 5.78 Å². The summed E-state index contributed by atoms with van der Waals surface area (Å²) < 4.78 is 2.81. The molecule has 0 saturated heterocycles. The van der Waals surface area contributed by atoms with Crippen LogP contribution in [0.2, 0.25) is 0 Å². The molecule has 1 saturated carbocycles. The van der Waals surface area contributed by atoms with E-state index in [9.17, 15) is 4.79 Å². The summed E-state index contributed by atoms with van der Waals surface area (Å²) in [5.41, 5.74) is 3.33. The van der Waals surface area contributed by atoms with Crippen molar-refractivity contribution in [3.63, 3.8) is 0 Å². The molecule has 0 N–H and O–H groups in total. The van der Waals surface area contributed by atoms with Crippen molar-refractivity contribution >= 4 is 21.7 Å². The summed E-state index contributed by atoms with van der Waals surface area (Å²) in [5.74, 6) is 0.197. The maximum absolute atomic E-state index is 12.1. The first-order valence-electron chi connectivity index (χ1n) is 7.04. The van der Waals surface area contributed by atoms with Gasteiger partial charge >= 0.3 is 0 Å². The van der Waals surface area contributed by atoms with E-state index in [4.69, 9.17) is 0 Å². The maximum atomic E-state index is 12.1. The van der Waals surface area contributed by atoms with Gasteiger partial charge in [0.05, 0.1) is 22.3 Å². The predicted octanol–water partition coefficient (Wildman–Crippen LogP) is 3.75. The number of nitrogens with zero attached hydrogens (tertiary/aromatic N) is 2. The highest BCUT2D eigenvalue weighted by Gasteiger charge is 2.15. The van der Waals surface area contributed by atoms with Gasteiger partial charge in [0.15, 0.2) is 5.78 Å². The predicted molar refractivity (Wildman–Crippen MR) is 80.2 cm³/mol. The van der Waals surface area contributed by atoms with Crippen LogP contribution in [0.1, 0.15) is 50.4 Å². The minimum Gasteiger partial charge on any atom is -0.294 e. The standard InChI is InChI=1S/C15H21BrN2O/c1-3-13-15(16)14(18(2)17-13)10-12(19)9-11-7-5-4-6-8-11/h9H,3-8,10H2,1-2H3. The van der Waals surface area contributed by atoms with Crippen molar-refractivity contribution in [2.45, 2.75) is 51.9 Å². The van der Waals surface area contributed by atoms with Crippen LogP contribution in [0.3, 0.4) is 0 Å². The number of ketones is 1. The lowest BCUT2D eigenvalue weighted by atomic mass is 9.93. The van der Waals surface area contributed by atoms with Crippen molar-refractivity contribution in [1.82, 2.24) is 9.78 Å². The van der Waals surface area contributed by atoms with Crippen molar-refractivity contribution in [1.29, 1.82) is 0 Å². The quantitative estimate of drug-likeness (QED) is 0.790. The van der Waals surface area contributed by atoms with Gasteiger partial charge in [-0.05, 0) is 54.1 Å². The number of rotatable bonds is 4. The van der Waals surface area contributed by atoms with Gasteiger partial charge in [-0.15, -0.1) is 0 Å². The van der Waals surface area contributed by atoms with E-state index in [1.54, 1.807) is 0 Å². The first kappa shape index (κ1) is 14.5. The van der Waals surface area contributed by atoms with E-state index >= 15 is 0 Å². The van der Waals surface area contributed by atoms with Gasteiger partial charge in [0.2, 0.25) is 0 Å². The molecule has 4 heteroatoms. The highest BCUT2D eigenvalue weighted by atomic mass is 79.9. The van der Waals surface area contributed by atoms with Gasteiger partial charge in [0, 0.05) is 7.05 Å². The van der Waals surface area contributed by atoms with Gasteiger partial charge in [-0.2, -0.15) is 5.10 Å². The van der Waals surface area contributed by atoms with Crippen LogP contribution in [0, 0.1) is 0 Å². The number of aryl methyl sites for hydroxylation is 2. The zero-order chi connectivity index (χ0) is 13.8. The zero-order valence-electron chi connectivity index (χ0n) is 11.7. The number of hydrogen-bond acceptors (Lipinski definition) is 2. The van der Waals surface area contributed by atoms with Crippen LogP contribution in [0.15, 0.2) is 16.1 Å². The number of hydrogen-bond donors (Lipinski definition) is 0. The molecule has 0 amide bonds. The Balaban J connectivity index is 2.08. The van der Waals surface area contributed by atoms with Gasteiger partial charge < -0.3 is 0 Å². The highest BCUT2D eigenvalue weighted by Crippen LogP contribution is 2.24. The molecule has 1 aliphatic rings. The summed E-state index contributed by atoms with van der Waals surface area (Å²) in [6, 6.07) is 0. The largest absolute Gasteiger partial charge is 0.294 e. The highest BCUT2D eigenvalue weighted by molar-refractivity contribution is 9.10. The fraction of sp³-hybridized carbons (Fsp3) is 0.600. The van der Waals surface area contributed by atoms with E-state index in [0.717, 1.165) is 35.1 Å². The van der Waals surface area contributed by atoms with Gasteiger partial charge in [-0.25, -0.2) is 0 Å². The first-order chi connectivity index (χ1) is 9.11. The summed E-state index contributed by atoms with van der Waals surface area (Å²) in [7, 11) is 1.90. The first-order valence-corrected chi connectivity index (χ1v) is 7.83. The normalized spacial score (nSPS) is 15.6. The van der Waals surface area contributed by atoms with E-state index in [1.807, 2.05) is 17.8 Å². The van der Waals surface area contributed by atoms with Gasteiger partial charge in [0.1, 0.15) is 0 Å². The van der Waals surface area contributed by atoms with E-state index in [0.29, 0.717) is 6.42 Å². The molecular formula is C15H21BrN2O. The number of carbonyl (C=O) groups is 1. The Labute approximate surface area is 123 Å². The molecular weight excluding hydrogens is 304 g/mol. The van der Waals surface area contributed by atoms with E-state index < -0.39 is 0 Å². The minimum atomic E-state index is 0.197. The van der Waals surface area contributed by atoms with Crippen molar-refractivity contribution in [2.24, 2.45) is 7.05 Å². The summed E-state index contributed by atoms with van der Waals surface area (Å²) in [6.07, 6.45) is 9.14. The fourth-order valence-corrected chi connectivity index (χ4v) is 3.36. The van der Waals surface area contributed by atoms with E-state index in [2.05, 4.69) is 28.0 Å². The van der Waals surface area contributed by atoms with Crippen LogP contribution in [0.25, 0.3) is 0 Å². The molecule has 1 aliphatic carbocycles. The lowest BCUT2D eigenvalue weighted by Crippen LogP contribution is -2.07. The molecule has 1 aromatic rings. The van der Waals surface area contributed by atoms with E-state index in [1.165, 1.54) is 24.8 Å². The third-order valence-corrected chi connectivity index (χ3v) is 4.62. The Kier molecular flexibility index (Phi) is 4.97. The summed E-state index contributed by atoms with van der Waals surface area (Å²) >= 11 is 3.56. The van der Waals surface area contributed by atoms with Gasteiger partial charge in [-0.1, -0.05) is 18.9 Å². The molecule has 1 heterocycles. The van der Waals surface area contributed by atoms with Gasteiger partial charge in [0.25, 0.3) is 0 Å². The topological polar surface area (TPSA) is 34.9 Å². The molecule has 1 aromatic heterocycles. The monoisotopic (exact) mass is 324 g/mol. The number of aromatic nitrogens is 2. The molecule has 19 heavy (non-hydrogen) atoms. The number of halogens is 1. The van der Waals surface area contributed by atoms with Crippen LogP contribution in [-0.2, 0) is 24.7 Å². The SMILES string of the molecule is CCc1nn(C)c(CC(=O)C=C2CCCCC2)c1Br. The van der Waals surface area contributed by atoms with Crippen LogP contribution in [0.5, 0.6) is 0 Å². The van der Waals surface area contributed by atoms with Crippen molar-refractivity contribution < 1.29 is 4.79 Å². The molecule has 0 bridgehead atoms. The Morgan fingerprint density at radius 1 is 1.37 bits per heavy atom. The summed E-state index contributed by atoms with van der Waals surface area (Å²) in [5, 5.41) is 4.43. The number of allylic oxidation sites excluding steroid dienone is 2. The molecule has 0 radical (unpaired) electrons. The molecule has 2 rings (SSSR count). The van der Waals surface area contributed by atoms with Gasteiger partial charge in [-0.3, -0.25) is 9.48 Å².